The van der Waals surface area contributed by atoms with E-state index in [1.54, 1.807) is 6.07 Å². The van der Waals surface area contributed by atoms with Gasteiger partial charge in [0.2, 0.25) is 0 Å². The molecule has 0 spiro atoms. The molecule has 6 nitrogen and oxygen atoms in total. The molecule has 0 aromatic heterocycles. The molecule has 1 rings (SSSR count). The molecule has 86 valence electrons. The maximum absolute atomic E-state index is 11.5. The van der Waals surface area contributed by atoms with E-state index < -0.39 is 16.0 Å². The molecule has 0 radical (unpaired) electrons. The minimum atomic E-state index is -3.90. The number of hydrogen-bond acceptors (Lipinski definition) is 5. The van der Waals surface area contributed by atoms with Gasteiger partial charge in [-0.15, -0.1) is 0 Å². The lowest BCUT2D eigenvalue weighted by Crippen LogP contribution is -2.05. The monoisotopic (exact) mass is 242 g/mol. The summed E-state index contributed by atoms with van der Waals surface area (Å²) in [7, 11) is -2.77. The quantitative estimate of drug-likeness (QED) is 0.463. The zero-order valence-corrected chi connectivity index (χ0v) is 9.27. The molecule has 0 fully saturated rings. The maximum atomic E-state index is 11.5. The highest BCUT2D eigenvalue weighted by Gasteiger charge is 2.12. The molecule has 0 amide bonds. The van der Waals surface area contributed by atoms with Crippen molar-refractivity contribution in [2.45, 2.75) is 4.90 Å². The van der Waals surface area contributed by atoms with Gasteiger partial charge in [-0.3, -0.25) is 0 Å². The van der Waals surface area contributed by atoms with Gasteiger partial charge in [0, 0.05) is 5.69 Å². The number of nitrogens with two attached hydrogens (primary N) is 1. The molecule has 0 aliphatic carbocycles. The summed E-state index contributed by atoms with van der Waals surface area (Å²) in [6.45, 7) is 0. The van der Waals surface area contributed by atoms with E-state index in [4.69, 9.17) is 5.73 Å². The second-order valence-corrected chi connectivity index (χ2v) is 4.44. The van der Waals surface area contributed by atoms with E-state index in [0.29, 0.717) is 11.9 Å². The molecule has 7 heteroatoms. The van der Waals surface area contributed by atoms with Crippen LogP contribution in [0.5, 0.6) is 0 Å². The van der Waals surface area contributed by atoms with Crippen LogP contribution < -0.4 is 5.73 Å². The molecular formula is C9H10N2O4S. The fourth-order valence-corrected chi connectivity index (χ4v) is 1.78. The number of nitrogens with zero attached hydrogens (tertiary/aromatic N) is 1. The number of benzene rings is 1. The fraction of sp³-hybridized carbons (Fsp3) is 0.111. The van der Waals surface area contributed by atoms with Crippen molar-refractivity contribution >= 4 is 27.9 Å². The van der Waals surface area contributed by atoms with Gasteiger partial charge >= 0.3 is 5.97 Å². The van der Waals surface area contributed by atoms with Gasteiger partial charge in [0.25, 0.3) is 10.0 Å². The zero-order chi connectivity index (χ0) is 12.2. The lowest BCUT2D eigenvalue weighted by atomic mass is 10.3. The van der Waals surface area contributed by atoms with Crippen LogP contribution in [0.15, 0.2) is 33.6 Å². The first-order valence-corrected chi connectivity index (χ1v) is 5.63. The highest BCUT2D eigenvalue weighted by atomic mass is 32.2. The molecule has 0 saturated carbocycles. The molecule has 0 heterocycles. The smallest absolute Gasteiger partial charge is 0.350 e. The van der Waals surface area contributed by atoms with Gasteiger partial charge in [0.05, 0.1) is 12.0 Å². The number of ether oxygens (including phenoxy) is 1. The molecule has 0 atom stereocenters. The number of esters is 1. The number of sulfonamides is 1. The average molecular weight is 242 g/mol. The van der Waals surface area contributed by atoms with Crippen molar-refractivity contribution in [1.29, 1.82) is 0 Å². The van der Waals surface area contributed by atoms with Gasteiger partial charge in [-0.1, -0.05) is 6.07 Å². The summed E-state index contributed by atoms with van der Waals surface area (Å²) in [5.74, 6) is -0.840. The fourth-order valence-electron chi connectivity index (χ4n) is 0.901. The molecule has 2 N–H and O–H groups in total. The van der Waals surface area contributed by atoms with Crippen molar-refractivity contribution in [3.05, 3.63) is 24.3 Å². The minimum Gasteiger partial charge on any atom is -0.465 e. The van der Waals surface area contributed by atoms with E-state index in [1.165, 1.54) is 18.2 Å². The first-order valence-electron chi connectivity index (χ1n) is 4.19. The minimum absolute atomic E-state index is 0.0762. The first-order chi connectivity index (χ1) is 7.45. The Morgan fingerprint density at radius 2 is 2.19 bits per heavy atom. The summed E-state index contributed by atoms with van der Waals surface area (Å²) >= 11 is 0. The summed E-state index contributed by atoms with van der Waals surface area (Å²) < 4.78 is 30.5. The van der Waals surface area contributed by atoms with Crippen molar-refractivity contribution in [2.75, 3.05) is 12.8 Å². The van der Waals surface area contributed by atoms with Gasteiger partial charge in [-0.25, -0.2) is 4.79 Å². The highest BCUT2D eigenvalue weighted by Crippen LogP contribution is 2.14. The normalized spacial score (nSPS) is 11.6. The molecule has 0 unspecified atom stereocenters. The van der Waals surface area contributed by atoms with Gasteiger partial charge in [0.1, 0.15) is 6.21 Å². The second kappa shape index (κ2) is 4.75. The molecule has 0 aliphatic heterocycles. The Morgan fingerprint density at radius 1 is 1.50 bits per heavy atom. The van der Waals surface area contributed by atoms with Gasteiger partial charge < -0.3 is 10.5 Å². The van der Waals surface area contributed by atoms with Gasteiger partial charge in [-0.05, 0) is 18.2 Å². The third kappa shape index (κ3) is 3.06. The zero-order valence-electron chi connectivity index (χ0n) is 8.45. The first kappa shape index (κ1) is 12.2. The number of carbonyl (C=O) groups excluding carboxylic acids is 1. The van der Waals surface area contributed by atoms with E-state index in [9.17, 15) is 13.2 Å². The Labute approximate surface area is 92.8 Å². The van der Waals surface area contributed by atoms with Crippen molar-refractivity contribution in [3.8, 4) is 0 Å². The molecule has 16 heavy (non-hydrogen) atoms. The third-order valence-electron chi connectivity index (χ3n) is 1.65. The molecule has 0 saturated heterocycles. The van der Waals surface area contributed by atoms with Gasteiger partial charge in [-0.2, -0.15) is 12.8 Å². The van der Waals surface area contributed by atoms with Crippen LogP contribution in [0, 0.1) is 0 Å². The van der Waals surface area contributed by atoms with Crippen LogP contribution in [0.3, 0.4) is 0 Å². The van der Waals surface area contributed by atoms with E-state index in [1.807, 2.05) is 0 Å². The van der Waals surface area contributed by atoms with Crippen LogP contribution in [-0.4, -0.2) is 27.7 Å². The average Bonchev–Trinajstić information content (AvgIpc) is 2.26. The number of nitrogen functional groups attached to an aromatic ring is 1. The Bertz CT molecular complexity index is 522. The lowest BCUT2D eigenvalue weighted by molar-refractivity contribution is -0.132. The number of anilines is 1. The Balaban J connectivity index is 3.04. The van der Waals surface area contributed by atoms with E-state index in [-0.39, 0.29) is 4.90 Å². The van der Waals surface area contributed by atoms with Crippen molar-refractivity contribution in [3.63, 3.8) is 0 Å². The Kier molecular flexibility index (Phi) is 3.62. The third-order valence-corrected chi connectivity index (χ3v) is 2.89. The Hall–Kier alpha value is -1.89. The van der Waals surface area contributed by atoms with Crippen LogP contribution in [0.2, 0.25) is 0 Å². The van der Waals surface area contributed by atoms with Crippen LogP contribution >= 0.6 is 0 Å². The van der Waals surface area contributed by atoms with Crippen LogP contribution in [0.4, 0.5) is 5.69 Å². The lowest BCUT2D eigenvalue weighted by Gasteiger charge is -1.99. The Morgan fingerprint density at radius 3 is 2.75 bits per heavy atom. The summed E-state index contributed by atoms with van der Waals surface area (Å²) in [6, 6.07) is 5.61. The summed E-state index contributed by atoms with van der Waals surface area (Å²) in [6.07, 6.45) is 0.596. The SMILES string of the molecule is COC(=O)C=NS(=O)(=O)c1cccc(N)c1. The molecular weight excluding hydrogens is 232 g/mol. The van der Waals surface area contributed by atoms with E-state index >= 15 is 0 Å². The second-order valence-electron chi connectivity index (χ2n) is 2.81. The highest BCUT2D eigenvalue weighted by molar-refractivity contribution is 7.90. The van der Waals surface area contributed by atoms with E-state index in [0.717, 1.165) is 7.11 Å². The van der Waals surface area contributed by atoms with Crippen LogP contribution in [-0.2, 0) is 19.6 Å². The van der Waals surface area contributed by atoms with E-state index in [2.05, 4.69) is 9.13 Å². The molecule has 0 aliphatic rings. The molecule has 0 bridgehead atoms. The largest absolute Gasteiger partial charge is 0.465 e. The topological polar surface area (TPSA) is 98.8 Å². The van der Waals surface area contributed by atoms with Gasteiger partial charge in [0.15, 0.2) is 0 Å². The molecule has 1 aromatic rings. The van der Waals surface area contributed by atoms with Crippen molar-refractivity contribution in [2.24, 2.45) is 4.40 Å². The van der Waals surface area contributed by atoms with Crippen LogP contribution in [0.25, 0.3) is 0 Å². The predicted octanol–water partition coefficient (Wildman–Crippen LogP) is 0.201. The number of methoxy groups -OCH3 is 1. The van der Waals surface area contributed by atoms with Crippen LogP contribution in [0.1, 0.15) is 0 Å². The number of carbonyl (C=O) groups is 1. The maximum Gasteiger partial charge on any atom is 0.350 e. The van der Waals surface area contributed by atoms with Crippen molar-refractivity contribution < 1.29 is 17.9 Å². The number of hydrogen-bond donors (Lipinski definition) is 1. The standard InChI is InChI=1S/C9H10N2O4S/c1-15-9(12)6-11-16(13,14)8-4-2-3-7(10)5-8/h2-6H,10H2,1H3. The summed E-state index contributed by atoms with van der Waals surface area (Å²) in [5, 5.41) is 0. The number of rotatable bonds is 3. The predicted molar refractivity (Wildman–Crippen MR) is 58.5 cm³/mol. The summed E-state index contributed by atoms with van der Waals surface area (Å²) in [5.41, 5.74) is 5.73. The molecule has 1 aromatic carbocycles. The summed E-state index contributed by atoms with van der Waals surface area (Å²) in [4.78, 5) is 10.6. The van der Waals surface area contributed by atoms with Crippen molar-refractivity contribution in [1.82, 2.24) is 0 Å².